The molecule has 12 heteroatoms. The molecule has 4 N–H and O–H groups in total. The molecule has 1 aromatic heterocycles. The molecule has 1 aliphatic rings. The maximum absolute atomic E-state index is 12.6. The Balaban J connectivity index is 1.30. The van der Waals surface area contributed by atoms with E-state index in [1.807, 2.05) is 0 Å². The van der Waals surface area contributed by atoms with E-state index in [0.29, 0.717) is 46.9 Å². The number of rotatable bonds is 8. The van der Waals surface area contributed by atoms with E-state index < -0.39 is 18.0 Å². The molecule has 3 aromatic rings. The summed E-state index contributed by atoms with van der Waals surface area (Å²) in [5.41, 5.74) is 2.52. The van der Waals surface area contributed by atoms with Gasteiger partial charge in [0.25, 0.3) is 0 Å². The first kappa shape index (κ1) is 27.6. The minimum absolute atomic E-state index is 0.113. The molecule has 4 amide bonds. The van der Waals surface area contributed by atoms with Crippen molar-refractivity contribution in [2.24, 2.45) is 0 Å². The Morgan fingerprint density at radius 1 is 0.872 bits per heavy atom. The van der Waals surface area contributed by atoms with Crippen LogP contribution < -0.4 is 21.3 Å². The molecule has 2 aromatic carbocycles. The lowest BCUT2D eigenvalue weighted by Gasteiger charge is -2.22. The second-order valence-corrected chi connectivity index (χ2v) is 9.69. The Hall–Kier alpha value is -4.45. The van der Waals surface area contributed by atoms with Crippen molar-refractivity contribution < 1.29 is 28.7 Å². The number of benzene rings is 2. The van der Waals surface area contributed by atoms with Crippen molar-refractivity contribution in [3.05, 3.63) is 70.2 Å². The quantitative estimate of drug-likeness (QED) is 0.293. The summed E-state index contributed by atoms with van der Waals surface area (Å²) >= 11 is 1.35. The number of anilines is 3. The van der Waals surface area contributed by atoms with Crippen LogP contribution in [0.3, 0.4) is 0 Å². The van der Waals surface area contributed by atoms with Gasteiger partial charge in [0.05, 0.1) is 30.0 Å². The summed E-state index contributed by atoms with van der Waals surface area (Å²) in [4.78, 5) is 54.5. The minimum Gasteiger partial charge on any atom is -0.462 e. The van der Waals surface area contributed by atoms with Crippen molar-refractivity contribution in [1.29, 1.82) is 0 Å². The van der Waals surface area contributed by atoms with Crippen molar-refractivity contribution >= 4 is 51.8 Å². The zero-order valence-corrected chi connectivity index (χ0v) is 22.4. The summed E-state index contributed by atoms with van der Waals surface area (Å²) in [6.45, 7) is 3.99. The average molecular weight is 552 g/mol. The lowest BCUT2D eigenvalue weighted by molar-refractivity contribution is 0.0517. The van der Waals surface area contributed by atoms with E-state index in [-0.39, 0.29) is 25.3 Å². The normalized spacial score (nSPS) is 13.9. The Kier molecular flexibility index (Phi) is 9.10. The first-order chi connectivity index (χ1) is 18.8. The number of fused-ring (bicyclic) bond motifs is 1. The predicted molar refractivity (Wildman–Crippen MR) is 148 cm³/mol. The van der Waals surface area contributed by atoms with Crippen LogP contribution in [0.15, 0.2) is 48.5 Å². The van der Waals surface area contributed by atoms with Crippen LogP contribution in [0.25, 0.3) is 0 Å². The number of aromatic nitrogens is 1. The fourth-order valence-corrected chi connectivity index (χ4v) is 5.12. The van der Waals surface area contributed by atoms with Gasteiger partial charge in [-0.1, -0.05) is 12.1 Å². The van der Waals surface area contributed by atoms with E-state index in [1.54, 1.807) is 62.4 Å². The number of nitrogens with zero attached hydrogens (tertiary/aromatic N) is 1. The molecule has 0 spiro atoms. The zero-order chi connectivity index (χ0) is 27.8. The van der Waals surface area contributed by atoms with Gasteiger partial charge in [0.1, 0.15) is 0 Å². The molecular formula is C27H29N5O6S. The molecule has 1 unspecified atom stereocenters. The summed E-state index contributed by atoms with van der Waals surface area (Å²) in [7, 11) is 0. The molecule has 11 nitrogen and oxygen atoms in total. The third kappa shape index (κ3) is 7.54. The number of aryl methyl sites for hydroxylation is 1. The summed E-state index contributed by atoms with van der Waals surface area (Å²) in [6.07, 6.45) is 1.92. The monoisotopic (exact) mass is 551 g/mol. The van der Waals surface area contributed by atoms with Crippen LogP contribution >= 0.6 is 11.3 Å². The fourth-order valence-electron chi connectivity index (χ4n) is 4.04. The summed E-state index contributed by atoms with van der Waals surface area (Å²) in [5, 5.41) is 11.6. The first-order valence-corrected chi connectivity index (χ1v) is 13.3. The van der Waals surface area contributed by atoms with Crippen molar-refractivity contribution in [3.8, 4) is 0 Å². The Bertz CT molecular complexity index is 1370. The third-order valence-corrected chi connectivity index (χ3v) is 6.79. The largest absolute Gasteiger partial charge is 0.462 e. The number of carbonyl (C=O) groups excluding carboxylic acids is 4. The highest BCUT2D eigenvalue weighted by Crippen LogP contribution is 2.30. The fraction of sp³-hybridized carbons (Fsp3) is 0.296. The van der Waals surface area contributed by atoms with Gasteiger partial charge in [-0.25, -0.2) is 24.2 Å². The van der Waals surface area contributed by atoms with Crippen LogP contribution in [0, 0.1) is 0 Å². The highest BCUT2D eigenvalue weighted by molar-refractivity contribution is 7.15. The molecule has 0 bridgehead atoms. The third-order valence-electron chi connectivity index (χ3n) is 5.76. The highest BCUT2D eigenvalue weighted by atomic mass is 32.1. The van der Waals surface area contributed by atoms with Crippen LogP contribution in [-0.4, -0.2) is 48.2 Å². The van der Waals surface area contributed by atoms with Gasteiger partial charge < -0.3 is 25.4 Å². The van der Waals surface area contributed by atoms with Gasteiger partial charge in [-0.05, 0) is 63.1 Å². The Morgan fingerprint density at radius 2 is 1.46 bits per heavy atom. The van der Waals surface area contributed by atoms with Crippen LogP contribution in [0.2, 0.25) is 0 Å². The smallest absolute Gasteiger partial charge is 0.338 e. The van der Waals surface area contributed by atoms with Crippen molar-refractivity contribution in [2.45, 2.75) is 39.2 Å². The molecular weight excluding hydrogens is 522 g/mol. The number of ether oxygens (including phenoxy) is 2. The number of amides is 4. The van der Waals surface area contributed by atoms with Crippen molar-refractivity contribution in [3.63, 3.8) is 0 Å². The second kappa shape index (κ2) is 12.9. The second-order valence-electron chi connectivity index (χ2n) is 8.61. The van der Waals surface area contributed by atoms with Crippen molar-refractivity contribution in [1.82, 2.24) is 10.3 Å². The topological polar surface area (TPSA) is 148 Å². The molecule has 204 valence electrons. The van der Waals surface area contributed by atoms with Gasteiger partial charge in [0, 0.05) is 28.7 Å². The number of hydrogen-bond acceptors (Lipinski definition) is 8. The van der Waals surface area contributed by atoms with Crippen LogP contribution in [0.5, 0.6) is 0 Å². The van der Waals surface area contributed by atoms with Gasteiger partial charge in [0.2, 0.25) is 0 Å². The Labute approximate surface area is 229 Å². The lowest BCUT2D eigenvalue weighted by Crippen LogP contribution is -2.41. The molecule has 39 heavy (non-hydrogen) atoms. The maximum Gasteiger partial charge on any atom is 0.338 e. The molecule has 0 aliphatic heterocycles. The van der Waals surface area contributed by atoms with E-state index in [4.69, 9.17) is 9.47 Å². The zero-order valence-electron chi connectivity index (χ0n) is 21.5. The van der Waals surface area contributed by atoms with Gasteiger partial charge in [0.15, 0.2) is 5.13 Å². The van der Waals surface area contributed by atoms with E-state index >= 15 is 0 Å². The molecule has 4 rings (SSSR count). The summed E-state index contributed by atoms with van der Waals surface area (Å²) in [6, 6.07) is 12.1. The molecule has 0 radical (unpaired) electrons. The molecule has 0 saturated carbocycles. The summed E-state index contributed by atoms with van der Waals surface area (Å²) in [5.74, 6) is -0.911. The number of esters is 2. The van der Waals surface area contributed by atoms with Crippen LogP contribution in [-0.2, 0) is 22.3 Å². The van der Waals surface area contributed by atoms with Crippen molar-refractivity contribution in [2.75, 3.05) is 29.2 Å². The van der Waals surface area contributed by atoms with Gasteiger partial charge in [-0.2, -0.15) is 0 Å². The van der Waals surface area contributed by atoms with E-state index in [0.717, 1.165) is 10.6 Å². The highest BCUT2D eigenvalue weighted by Gasteiger charge is 2.24. The van der Waals surface area contributed by atoms with Crippen LogP contribution in [0.1, 0.15) is 51.6 Å². The summed E-state index contributed by atoms with van der Waals surface area (Å²) < 4.78 is 9.99. The predicted octanol–water partition coefficient (Wildman–Crippen LogP) is 4.82. The number of nitrogens with one attached hydrogen (secondary N) is 4. The Morgan fingerprint density at radius 3 is 2.05 bits per heavy atom. The SMILES string of the molecule is CCOC(=O)c1cccc(NC(=O)Nc2nc3c(s2)CC(NC(=O)Nc2cccc(C(=O)OCC)c2)CC3)c1. The van der Waals surface area contributed by atoms with E-state index in [9.17, 15) is 19.2 Å². The van der Waals surface area contributed by atoms with Gasteiger partial charge in [-0.3, -0.25) is 5.32 Å². The number of carbonyl (C=O) groups is 4. The number of thiazole rings is 1. The molecule has 1 aliphatic carbocycles. The average Bonchev–Trinajstić information content (AvgIpc) is 3.30. The molecule has 0 fully saturated rings. The van der Waals surface area contributed by atoms with Gasteiger partial charge in [-0.15, -0.1) is 11.3 Å². The molecule has 1 heterocycles. The van der Waals surface area contributed by atoms with Crippen LogP contribution in [0.4, 0.5) is 26.1 Å². The minimum atomic E-state index is -0.485. The standard InChI is InChI=1S/C27H29N5O6S/c1-3-37-23(33)16-7-5-9-18(13-16)28-25(35)30-20-11-12-21-22(15-20)39-27(31-21)32-26(36)29-19-10-6-8-17(14-19)24(34)38-4-2/h5-10,13-14,20H,3-4,11-12,15H2,1-2H3,(H2,28,30,35)(H2,29,31,32,36). The maximum atomic E-state index is 12.6. The number of hydrogen-bond donors (Lipinski definition) is 4. The van der Waals surface area contributed by atoms with E-state index in [2.05, 4.69) is 26.3 Å². The lowest BCUT2D eigenvalue weighted by atomic mass is 9.98. The van der Waals surface area contributed by atoms with E-state index in [1.165, 1.54) is 11.3 Å². The number of urea groups is 2. The van der Waals surface area contributed by atoms with Gasteiger partial charge >= 0.3 is 24.0 Å². The first-order valence-electron chi connectivity index (χ1n) is 12.5. The molecule has 1 atom stereocenters. The molecule has 0 saturated heterocycles.